The lowest BCUT2D eigenvalue weighted by atomic mass is 10.2. The van der Waals surface area contributed by atoms with Crippen LogP contribution in [0.4, 0.5) is 4.39 Å². The zero-order valence-corrected chi connectivity index (χ0v) is 13.4. The fraction of sp³-hybridized carbons (Fsp3) is 0.167. The summed E-state index contributed by atoms with van der Waals surface area (Å²) in [5.74, 6) is -0.537. The molecular weight excluding hydrogens is 307 g/mol. The third kappa shape index (κ3) is 3.17. The van der Waals surface area contributed by atoms with E-state index in [1.807, 2.05) is 25.1 Å². The third-order valence-electron chi connectivity index (χ3n) is 3.80. The molecule has 2 aromatic heterocycles. The number of amides is 1. The van der Waals surface area contributed by atoms with E-state index in [9.17, 15) is 9.18 Å². The Kier molecular flexibility index (Phi) is 4.37. The van der Waals surface area contributed by atoms with Crippen molar-refractivity contribution < 1.29 is 9.18 Å². The fourth-order valence-electron chi connectivity index (χ4n) is 2.46. The highest BCUT2D eigenvalue weighted by molar-refractivity contribution is 5.95. The zero-order valence-electron chi connectivity index (χ0n) is 13.4. The summed E-state index contributed by atoms with van der Waals surface area (Å²) in [4.78, 5) is 16.7. The van der Waals surface area contributed by atoms with E-state index >= 15 is 0 Å². The Balaban J connectivity index is 1.80. The van der Waals surface area contributed by atoms with Crippen LogP contribution in [0.2, 0.25) is 0 Å². The van der Waals surface area contributed by atoms with E-state index in [0.29, 0.717) is 16.9 Å². The third-order valence-corrected chi connectivity index (χ3v) is 3.80. The minimum absolute atomic E-state index is 0.215. The van der Waals surface area contributed by atoms with Gasteiger partial charge in [-0.1, -0.05) is 6.07 Å². The highest BCUT2D eigenvalue weighted by atomic mass is 19.1. The van der Waals surface area contributed by atoms with Gasteiger partial charge in [0, 0.05) is 6.20 Å². The predicted molar refractivity (Wildman–Crippen MR) is 88.4 cm³/mol. The van der Waals surface area contributed by atoms with E-state index in [-0.39, 0.29) is 17.8 Å². The molecule has 1 aromatic carbocycles. The summed E-state index contributed by atoms with van der Waals surface area (Å²) in [5.41, 5.74) is 2.65. The van der Waals surface area contributed by atoms with Gasteiger partial charge in [-0.25, -0.2) is 9.07 Å². The Morgan fingerprint density at radius 2 is 1.96 bits per heavy atom. The van der Waals surface area contributed by atoms with Gasteiger partial charge in [-0.15, -0.1) is 0 Å². The van der Waals surface area contributed by atoms with Crippen LogP contribution in [0, 0.1) is 12.7 Å². The van der Waals surface area contributed by atoms with E-state index in [0.717, 1.165) is 5.69 Å². The van der Waals surface area contributed by atoms with Crippen molar-refractivity contribution in [3.05, 3.63) is 77.6 Å². The highest BCUT2D eigenvalue weighted by Gasteiger charge is 2.18. The molecule has 5 nitrogen and oxygen atoms in total. The SMILES string of the molecule is Cc1c(C(=O)NC(C)c2ccccn2)cnn1-c1ccc(F)cc1. The number of nitrogens with zero attached hydrogens (tertiary/aromatic N) is 3. The van der Waals surface area contributed by atoms with Crippen LogP contribution in [-0.2, 0) is 0 Å². The van der Waals surface area contributed by atoms with Crippen molar-refractivity contribution in [2.75, 3.05) is 0 Å². The number of pyridine rings is 1. The Hall–Kier alpha value is -3.02. The number of aromatic nitrogens is 3. The standard InChI is InChI=1S/C18H17FN4O/c1-12(17-5-3-4-10-20-17)22-18(24)16-11-21-23(13(16)2)15-8-6-14(19)7-9-15/h3-12H,1-2H3,(H,22,24). The van der Waals surface area contributed by atoms with Gasteiger partial charge in [-0.05, 0) is 50.2 Å². The Morgan fingerprint density at radius 1 is 1.21 bits per heavy atom. The van der Waals surface area contributed by atoms with E-state index < -0.39 is 0 Å². The van der Waals surface area contributed by atoms with E-state index in [1.165, 1.54) is 18.3 Å². The lowest BCUT2D eigenvalue weighted by molar-refractivity contribution is 0.0938. The van der Waals surface area contributed by atoms with Gasteiger partial charge in [-0.2, -0.15) is 5.10 Å². The number of hydrogen-bond acceptors (Lipinski definition) is 3. The van der Waals surface area contributed by atoms with Crippen LogP contribution in [-0.4, -0.2) is 20.7 Å². The molecule has 0 spiro atoms. The Bertz CT molecular complexity index is 843. The zero-order chi connectivity index (χ0) is 17.1. The molecule has 0 radical (unpaired) electrons. The number of halogens is 1. The summed E-state index contributed by atoms with van der Waals surface area (Å²) in [6.45, 7) is 3.68. The molecule has 0 fully saturated rings. The number of carbonyl (C=O) groups excluding carboxylic acids is 1. The van der Waals surface area contributed by atoms with Gasteiger partial charge < -0.3 is 5.32 Å². The number of rotatable bonds is 4. The minimum atomic E-state index is -0.314. The summed E-state index contributed by atoms with van der Waals surface area (Å²) >= 11 is 0. The van der Waals surface area contributed by atoms with Crippen molar-refractivity contribution in [1.82, 2.24) is 20.1 Å². The lowest BCUT2D eigenvalue weighted by Gasteiger charge is -2.13. The molecule has 2 heterocycles. The van der Waals surface area contributed by atoms with Crippen molar-refractivity contribution >= 4 is 5.91 Å². The maximum atomic E-state index is 13.0. The van der Waals surface area contributed by atoms with Crippen LogP contribution < -0.4 is 5.32 Å². The Morgan fingerprint density at radius 3 is 2.62 bits per heavy atom. The van der Waals surface area contributed by atoms with Gasteiger partial charge in [0.25, 0.3) is 5.91 Å². The molecule has 1 atom stereocenters. The van der Waals surface area contributed by atoms with Crippen LogP contribution in [0.15, 0.2) is 54.9 Å². The average Bonchev–Trinajstić information content (AvgIpc) is 2.98. The summed E-state index contributed by atoms with van der Waals surface area (Å²) < 4.78 is 14.7. The minimum Gasteiger partial charge on any atom is -0.344 e. The lowest BCUT2D eigenvalue weighted by Crippen LogP contribution is -2.27. The number of benzene rings is 1. The van der Waals surface area contributed by atoms with Gasteiger partial charge in [-0.3, -0.25) is 9.78 Å². The molecule has 0 saturated heterocycles. The summed E-state index contributed by atoms with van der Waals surface area (Å²) in [6, 6.07) is 11.3. The first kappa shape index (κ1) is 15.9. The molecule has 1 N–H and O–H groups in total. The molecule has 1 amide bonds. The van der Waals surface area contributed by atoms with E-state index in [2.05, 4.69) is 15.4 Å². The van der Waals surface area contributed by atoms with Gasteiger partial charge in [0.05, 0.1) is 34.9 Å². The smallest absolute Gasteiger partial charge is 0.255 e. The molecule has 24 heavy (non-hydrogen) atoms. The van der Waals surface area contributed by atoms with Crippen LogP contribution >= 0.6 is 0 Å². The first-order valence-electron chi connectivity index (χ1n) is 7.58. The van der Waals surface area contributed by atoms with Crippen molar-refractivity contribution in [2.45, 2.75) is 19.9 Å². The molecule has 0 bridgehead atoms. The highest BCUT2D eigenvalue weighted by Crippen LogP contribution is 2.16. The average molecular weight is 324 g/mol. The first-order valence-corrected chi connectivity index (χ1v) is 7.58. The van der Waals surface area contributed by atoms with E-state index in [1.54, 1.807) is 29.9 Å². The topological polar surface area (TPSA) is 59.8 Å². The quantitative estimate of drug-likeness (QED) is 0.802. The second-order valence-corrected chi connectivity index (χ2v) is 5.48. The maximum Gasteiger partial charge on any atom is 0.255 e. The van der Waals surface area contributed by atoms with Crippen molar-refractivity contribution in [2.24, 2.45) is 0 Å². The molecule has 3 rings (SSSR count). The van der Waals surface area contributed by atoms with Crippen LogP contribution in [0.3, 0.4) is 0 Å². The number of nitrogens with one attached hydrogen (secondary N) is 1. The predicted octanol–water partition coefficient (Wildman–Crippen LogP) is 3.21. The largest absolute Gasteiger partial charge is 0.344 e. The molecule has 3 aromatic rings. The molecule has 0 aliphatic carbocycles. The van der Waals surface area contributed by atoms with Crippen LogP contribution in [0.1, 0.15) is 34.7 Å². The van der Waals surface area contributed by atoms with Crippen molar-refractivity contribution in [1.29, 1.82) is 0 Å². The maximum absolute atomic E-state index is 13.0. The molecule has 0 aliphatic rings. The summed E-state index contributed by atoms with van der Waals surface area (Å²) in [6.07, 6.45) is 3.20. The number of hydrogen-bond donors (Lipinski definition) is 1. The number of carbonyl (C=O) groups is 1. The van der Waals surface area contributed by atoms with Gasteiger partial charge in [0.1, 0.15) is 5.82 Å². The Labute approximate surface area is 139 Å². The normalized spacial score (nSPS) is 12.0. The van der Waals surface area contributed by atoms with Crippen molar-refractivity contribution in [3.63, 3.8) is 0 Å². The van der Waals surface area contributed by atoms with Crippen LogP contribution in [0.5, 0.6) is 0 Å². The summed E-state index contributed by atoms with van der Waals surface area (Å²) in [7, 11) is 0. The molecule has 122 valence electrons. The van der Waals surface area contributed by atoms with Crippen molar-refractivity contribution in [3.8, 4) is 5.69 Å². The monoisotopic (exact) mass is 324 g/mol. The molecule has 6 heteroatoms. The van der Waals surface area contributed by atoms with Crippen LogP contribution in [0.25, 0.3) is 5.69 Å². The van der Waals surface area contributed by atoms with E-state index in [4.69, 9.17) is 0 Å². The molecule has 1 unspecified atom stereocenters. The fourth-order valence-corrected chi connectivity index (χ4v) is 2.46. The second-order valence-electron chi connectivity index (χ2n) is 5.48. The van der Waals surface area contributed by atoms with Gasteiger partial charge >= 0.3 is 0 Å². The second kappa shape index (κ2) is 6.62. The molecular formula is C18H17FN4O. The molecule has 0 aliphatic heterocycles. The van der Waals surface area contributed by atoms with Gasteiger partial charge in [0.15, 0.2) is 0 Å². The van der Waals surface area contributed by atoms with Gasteiger partial charge in [0.2, 0.25) is 0 Å². The molecule has 0 saturated carbocycles. The summed E-state index contributed by atoms with van der Waals surface area (Å²) in [5, 5.41) is 7.15. The first-order chi connectivity index (χ1) is 11.6.